The van der Waals surface area contributed by atoms with Gasteiger partial charge in [0.05, 0.1) is 12.0 Å². The van der Waals surface area contributed by atoms with Gasteiger partial charge in [-0.3, -0.25) is 4.79 Å². The average Bonchev–Trinajstić information content (AvgIpc) is 3.45. The Balaban J connectivity index is 1.11. The lowest BCUT2D eigenvalue weighted by atomic mass is 9.53. The largest absolute Gasteiger partial charge is 0.462 e. The zero-order chi connectivity index (χ0) is 21.2. The Morgan fingerprint density at radius 2 is 1.90 bits per heavy atom. The fourth-order valence-electron chi connectivity index (χ4n) is 8.04. The van der Waals surface area contributed by atoms with Crippen molar-refractivity contribution in [3.8, 4) is 0 Å². The number of rotatable bonds is 4. The van der Waals surface area contributed by atoms with E-state index in [4.69, 9.17) is 9.47 Å². The summed E-state index contributed by atoms with van der Waals surface area (Å²) in [6.45, 7) is 7.84. The smallest absolute Gasteiger partial charge is 0.311 e. The molecule has 0 radical (unpaired) electrons. The van der Waals surface area contributed by atoms with Gasteiger partial charge in [-0.15, -0.1) is 0 Å². The van der Waals surface area contributed by atoms with Crippen molar-refractivity contribution in [1.29, 1.82) is 0 Å². The number of likely N-dealkylation sites (tertiary alicyclic amines) is 1. The molecule has 4 heteroatoms. The van der Waals surface area contributed by atoms with Crippen molar-refractivity contribution in [3.63, 3.8) is 0 Å². The van der Waals surface area contributed by atoms with E-state index in [0.29, 0.717) is 5.92 Å². The van der Waals surface area contributed by atoms with Crippen LogP contribution in [0.4, 0.5) is 0 Å². The summed E-state index contributed by atoms with van der Waals surface area (Å²) in [5, 5.41) is 0. The van der Waals surface area contributed by atoms with E-state index in [9.17, 15) is 4.79 Å². The highest BCUT2D eigenvalue weighted by molar-refractivity contribution is 5.76. The van der Waals surface area contributed by atoms with E-state index in [1.54, 1.807) is 0 Å². The van der Waals surface area contributed by atoms with Crippen LogP contribution in [0.5, 0.6) is 0 Å². The number of benzene rings is 1. The second kappa shape index (κ2) is 7.31. The first-order chi connectivity index (χ1) is 15.0. The summed E-state index contributed by atoms with van der Waals surface area (Å²) in [4.78, 5) is 15.5. The molecule has 7 unspecified atom stereocenters. The van der Waals surface area contributed by atoms with E-state index in [1.165, 1.54) is 44.1 Å². The predicted octanol–water partition coefficient (Wildman–Crippen LogP) is 4.47. The van der Waals surface area contributed by atoms with Crippen LogP contribution < -0.4 is 0 Å². The second-order valence-electron chi connectivity index (χ2n) is 11.5. The zero-order valence-corrected chi connectivity index (χ0v) is 19.1. The standard InChI is InChI=1S/C27H37NO3/c1-18-7-6-12-26(2)16-22-23(24-27(18,26)31-24)21(25(29)30-22)17-28-13-10-20(11-14-28)15-19-8-4-3-5-9-19/h3-5,8-9,18,20-24H,6-7,10-17H2,1-2H3. The molecule has 3 saturated heterocycles. The number of fused-ring (bicyclic) bond motifs is 2. The molecule has 5 aliphatic rings. The molecule has 5 fully saturated rings. The van der Waals surface area contributed by atoms with Gasteiger partial charge < -0.3 is 14.4 Å². The highest BCUT2D eigenvalue weighted by atomic mass is 16.6. The fourth-order valence-corrected chi connectivity index (χ4v) is 8.04. The van der Waals surface area contributed by atoms with E-state index >= 15 is 0 Å². The topological polar surface area (TPSA) is 42.1 Å². The Hall–Kier alpha value is -1.39. The van der Waals surface area contributed by atoms with Crippen LogP contribution in [0.25, 0.3) is 0 Å². The lowest BCUT2D eigenvalue weighted by molar-refractivity contribution is -0.146. The molecule has 2 saturated carbocycles. The summed E-state index contributed by atoms with van der Waals surface area (Å²) in [5.41, 5.74) is 1.65. The number of carbonyl (C=O) groups excluding carboxylic acids is 1. The third kappa shape index (κ3) is 3.12. The van der Waals surface area contributed by atoms with E-state index in [1.807, 2.05) is 0 Å². The van der Waals surface area contributed by atoms with Crippen LogP contribution in [0, 0.1) is 29.1 Å². The minimum Gasteiger partial charge on any atom is -0.462 e. The molecule has 0 N–H and O–H groups in total. The molecule has 0 amide bonds. The predicted molar refractivity (Wildman–Crippen MR) is 120 cm³/mol. The number of piperidine rings is 1. The van der Waals surface area contributed by atoms with Crippen LogP contribution in [0.15, 0.2) is 30.3 Å². The van der Waals surface area contributed by atoms with Crippen molar-refractivity contribution in [2.24, 2.45) is 29.1 Å². The summed E-state index contributed by atoms with van der Waals surface area (Å²) in [5.74, 6) is 1.67. The minimum absolute atomic E-state index is 0.00118. The Morgan fingerprint density at radius 3 is 2.68 bits per heavy atom. The number of epoxide rings is 1. The number of esters is 1. The third-order valence-corrected chi connectivity index (χ3v) is 9.72. The Bertz CT molecular complexity index is 834. The Labute approximate surface area is 186 Å². The summed E-state index contributed by atoms with van der Waals surface area (Å²) in [6.07, 6.45) is 8.70. The van der Waals surface area contributed by atoms with Gasteiger partial charge in [0, 0.05) is 17.9 Å². The van der Waals surface area contributed by atoms with Crippen molar-refractivity contribution >= 4 is 5.97 Å². The number of nitrogens with zero attached hydrogens (tertiary/aromatic N) is 1. The lowest BCUT2D eigenvalue weighted by Crippen LogP contribution is -2.54. The van der Waals surface area contributed by atoms with Gasteiger partial charge in [-0.2, -0.15) is 0 Å². The van der Waals surface area contributed by atoms with E-state index in [0.717, 1.165) is 32.0 Å². The van der Waals surface area contributed by atoms with Crippen LogP contribution in [-0.4, -0.2) is 48.3 Å². The van der Waals surface area contributed by atoms with Gasteiger partial charge in [0.2, 0.25) is 0 Å². The molecule has 168 valence electrons. The molecule has 1 aromatic carbocycles. The van der Waals surface area contributed by atoms with Gasteiger partial charge >= 0.3 is 5.97 Å². The normalized spacial score (nSPS) is 44.8. The van der Waals surface area contributed by atoms with E-state index in [-0.39, 0.29) is 41.0 Å². The van der Waals surface area contributed by atoms with Gasteiger partial charge in [0.25, 0.3) is 0 Å². The van der Waals surface area contributed by atoms with Crippen molar-refractivity contribution in [3.05, 3.63) is 35.9 Å². The molecule has 2 aliphatic carbocycles. The minimum atomic E-state index is -0.00118. The Kier molecular flexibility index (Phi) is 4.77. The summed E-state index contributed by atoms with van der Waals surface area (Å²) < 4.78 is 12.6. The summed E-state index contributed by atoms with van der Waals surface area (Å²) >= 11 is 0. The molecular weight excluding hydrogens is 386 g/mol. The van der Waals surface area contributed by atoms with Crippen LogP contribution in [0.3, 0.4) is 0 Å². The maximum absolute atomic E-state index is 13.0. The molecule has 0 bridgehead atoms. The van der Waals surface area contributed by atoms with Crippen LogP contribution in [0.2, 0.25) is 0 Å². The highest BCUT2D eigenvalue weighted by Gasteiger charge is 2.78. The van der Waals surface area contributed by atoms with Gasteiger partial charge in [-0.25, -0.2) is 0 Å². The van der Waals surface area contributed by atoms with E-state index < -0.39 is 0 Å². The zero-order valence-electron chi connectivity index (χ0n) is 19.1. The molecule has 4 nitrogen and oxygen atoms in total. The first kappa shape index (κ1) is 20.2. The number of hydrogen-bond donors (Lipinski definition) is 0. The lowest BCUT2D eigenvalue weighted by Gasteiger charge is -2.49. The summed E-state index contributed by atoms with van der Waals surface area (Å²) in [6, 6.07) is 10.9. The van der Waals surface area contributed by atoms with Crippen molar-refractivity contribution in [1.82, 2.24) is 4.90 Å². The molecule has 1 aromatic rings. The van der Waals surface area contributed by atoms with Crippen molar-refractivity contribution < 1.29 is 14.3 Å². The molecule has 6 rings (SSSR count). The molecule has 7 atom stereocenters. The van der Waals surface area contributed by atoms with Gasteiger partial charge in [0.15, 0.2) is 0 Å². The Morgan fingerprint density at radius 1 is 1.13 bits per heavy atom. The SMILES string of the molecule is CC1CCCC2(C)CC3OC(=O)C(CN4CCC(Cc5ccccc5)CC4)C3C3OC132. The van der Waals surface area contributed by atoms with Crippen molar-refractivity contribution in [2.45, 2.75) is 76.6 Å². The molecule has 0 aromatic heterocycles. The monoisotopic (exact) mass is 423 g/mol. The third-order valence-electron chi connectivity index (χ3n) is 9.72. The van der Waals surface area contributed by atoms with Gasteiger partial charge in [0.1, 0.15) is 11.7 Å². The second-order valence-corrected chi connectivity index (χ2v) is 11.5. The van der Waals surface area contributed by atoms with Crippen LogP contribution in [-0.2, 0) is 20.7 Å². The quantitative estimate of drug-likeness (QED) is 0.529. The molecule has 1 spiro atoms. The molecular formula is C27H37NO3. The molecule has 31 heavy (non-hydrogen) atoms. The maximum Gasteiger partial charge on any atom is 0.311 e. The molecule has 3 aliphatic heterocycles. The number of carbonyl (C=O) groups is 1. The van der Waals surface area contributed by atoms with E-state index in [2.05, 4.69) is 49.1 Å². The fraction of sp³-hybridized carbons (Fsp3) is 0.741. The van der Waals surface area contributed by atoms with Gasteiger partial charge in [-0.05, 0) is 69.0 Å². The number of ether oxygens (including phenoxy) is 2. The first-order valence-electron chi connectivity index (χ1n) is 12.6. The van der Waals surface area contributed by atoms with Crippen LogP contribution in [0.1, 0.15) is 57.9 Å². The number of hydrogen-bond acceptors (Lipinski definition) is 4. The maximum atomic E-state index is 13.0. The average molecular weight is 424 g/mol. The summed E-state index contributed by atoms with van der Waals surface area (Å²) in [7, 11) is 0. The first-order valence-corrected chi connectivity index (χ1v) is 12.6. The van der Waals surface area contributed by atoms with Crippen LogP contribution >= 0.6 is 0 Å². The van der Waals surface area contributed by atoms with Crippen molar-refractivity contribution in [2.75, 3.05) is 19.6 Å². The molecule has 3 heterocycles. The van der Waals surface area contributed by atoms with Gasteiger partial charge in [-0.1, -0.05) is 50.6 Å². The highest BCUT2D eigenvalue weighted by Crippen LogP contribution is 2.70.